The van der Waals surface area contributed by atoms with E-state index in [9.17, 15) is 35.1 Å². The Bertz CT molecular complexity index is 236. The van der Waals surface area contributed by atoms with Gasteiger partial charge < -0.3 is 0 Å². The van der Waals surface area contributed by atoms with Gasteiger partial charge in [0.15, 0.2) is 0 Å². The van der Waals surface area contributed by atoms with Crippen molar-refractivity contribution in [1.29, 1.82) is 0 Å². The van der Waals surface area contributed by atoms with Crippen LogP contribution in [0.25, 0.3) is 0 Å². The van der Waals surface area contributed by atoms with Gasteiger partial charge >= 0.3 is 23.7 Å². The minimum absolute atomic E-state index is 0.00625. The lowest BCUT2D eigenvalue weighted by Crippen LogP contribution is -2.70. The van der Waals surface area contributed by atoms with Crippen LogP contribution >= 0.6 is 0 Å². The molecule has 0 radical (unpaired) electrons. The number of hydrogen-bond acceptors (Lipinski definition) is 0. The van der Waals surface area contributed by atoms with Gasteiger partial charge in [-0.25, -0.2) is 0 Å². The molecule has 0 bridgehead atoms. The highest BCUT2D eigenvalue weighted by Gasteiger charge is 2.83. The van der Waals surface area contributed by atoms with Gasteiger partial charge in [0.25, 0.3) is 0 Å². The minimum Gasteiger partial charge on any atom is -0.199 e. The van der Waals surface area contributed by atoms with Crippen molar-refractivity contribution in [2.75, 3.05) is 0 Å². The van der Waals surface area contributed by atoms with Crippen molar-refractivity contribution in [2.24, 2.45) is 11.8 Å². The van der Waals surface area contributed by atoms with Crippen LogP contribution in [-0.2, 0) is 0 Å². The molecule has 16 heavy (non-hydrogen) atoms. The molecule has 0 nitrogen and oxygen atoms in total. The smallest absolute Gasteiger partial charge is 0.199 e. The second-order valence-electron chi connectivity index (χ2n) is 3.94. The van der Waals surface area contributed by atoms with Gasteiger partial charge in [0.1, 0.15) is 0 Å². The molecule has 8 heteroatoms. The number of hydrogen-bond donors (Lipinski definition) is 0. The van der Waals surface area contributed by atoms with Crippen LogP contribution in [0.3, 0.4) is 0 Å². The Hall–Kier alpha value is -0.560. The van der Waals surface area contributed by atoms with E-state index in [0.717, 1.165) is 0 Å². The normalized spacial score (nSPS) is 39.4. The van der Waals surface area contributed by atoms with Crippen LogP contribution in [0.5, 0.6) is 0 Å². The summed E-state index contributed by atoms with van der Waals surface area (Å²) in [6.45, 7) is -0.0125. The molecule has 1 fully saturated rings. The molecule has 96 valence electrons. The van der Waals surface area contributed by atoms with E-state index in [1.54, 1.807) is 0 Å². The van der Waals surface area contributed by atoms with E-state index in [4.69, 9.17) is 0 Å². The maximum Gasteiger partial charge on any atom is 0.319 e. The van der Waals surface area contributed by atoms with Crippen molar-refractivity contribution < 1.29 is 35.1 Å². The van der Waals surface area contributed by atoms with Crippen molar-refractivity contribution in [2.45, 2.75) is 37.5 Å². The maximum atomic E-state index is 12.9. The fraction of sp³-hybridized carbons (Fsp3) is 1.00. The van der Waals surface area contributed by atoms with E-state index in [1.165, 1.54) is 0 Å². The summed E-state index contributed by atoms with van der Waals surface area (Å²) in [5, 5.41) is 0. The average Bonchev–Trinajstić information content (AvgIpc) is 2.13. The monoisotopic (exact) mass is 256 g/mol. The summed E-state index contributed by atoms with van der Waals surface area (Å²) < 4.78 is 103. The van der Waals surface area contributed by atoms with Gasteiger partial charge in [-0.15, -0.1) is 0 Å². The molecule has 0 aromatic heterocycles. The average molecular weight is 256 g/mol. The fourth-order valence-corrected chi connectivity index (χ4v) is 1.61. The van der Waals surface area contributed by atoms with E-state index in [-0.39, 0.29) is 13.8 Å². The first-order valence-electron chi connectivity index (χ1n) is 4.32. The molecule has 0 aliphatic heterocycles. The van der Waals surface area contributed by atoms with Crippen molar-refractivity contribution in [3.8, 4) is 0 Å². The third kappa shape index (κ3) is 1.21. The first kappa shape index (κ1) is 13.5. The standard InChI is InChI=1S/C8H8F8/c1-3-5(9,10)7(13,14)4(2)8(15,16)6(3,11)12/h3-4H,1-2H3. The number of alkyl halides is 8. The molecule has 0 N–H and O–H groups in total. The lowest BCUT2D eigenvalue weighted by molar-refractivity contribution is -0.398. The highest BCUT2D eigenvalue weighted by molar-refractivity contribution is 5.11. The summed E-state index contributed by atoms with van der Waals surface area (Å²) in [7, 11) is 0. The van der Waals surface area contributed by atoms with Gasteiger partial charge in [0.2, 0.25) is 0 Å². The van der Waals surface area contributed by atoms with Crippen molar-refractivity contribution in [3.63, 3.8) is 0 Å². The van der Waals surface area contributed by atoms with Gasteiger partial charge in [-0.2, -0.15) is 35.1 Å². The molecular formula is C8H8F8. The lowest BCUT2D eigenvalue weighted by atomic mass is 9.72. The van der Waals surface area contributed by atoms with Crippen molar-refractivity contribution >= 4 is 0 Å². The second-order valence-corrected chi connectivity index (χ2v) is 3.94. The molecule has 0 heterocycles. The third-order valence-corrected chi connectivity index (χ3v) is 3.06. The van der Waals surface area contributed by atoms with Crippen molar-refractivity contribution in [1.82, 2.24) is 0 Å². The molecule has 0 spiro atoms. The second kappa shape index (κ2) is 3.01. The summed E-state index contributed by atoms with van der Waals surface area (Å²) in [6.07, 6.45) is 0. The molecule has 0 aromatic carbocycles. The Kier molecular flexibility index (Phi) is 2.54. The van der Waals surface area contributed by atoms with Gasteiger partial charge in [-0.1, -0.05) is 13.8 Å². The molecule has 1 saturated carbocycles. The molecule has 0 aromatic rings. The summed E-state index contributed by atoms with van der Waals surface area (Å²) in [5.74, 6) is -27.5. The minimum atomic E-state index is -5.17. The van der Waals surface area contributed by atoms with E-state index in [2.05, 4.69) is 0 Å². The van der Waals surface area contributed by atoms with E-state index in [1.807, 2.05) is 0 Å². The number of rotatable bonds is 0. The van der Waals surface area contributed by atoms with Crippen LogP contribution < -0.4 is 0 Å². The first-order chi connectivity index (χ1) is 6.81. The zero-order valence-corrected chi connectivity index (χ0v) is 8.18. The van der Waals surface area contributed by atoms with Crippen LogP contribution in [-0.4, -0.2) is 23.7 Å². The summed E-state index contributed by atoms with van der Waals surface area (Å²) in [4.78, 5) is 0. The summed E-state index contributed by atoms with van der Waals surface area (Å²) >= 11 is 0. The van der Waals surface area contributed by atoms with Crippen molar-refractivity contribution in [3.05, 3.63) is 0 Å². The van der Waals surface area contributed by atoms with E-state index in [0.29, 0.717) is 0 Å². The Morgan fingerprint density at radius 2 is 0.625 bits per heavy atom. The van der Waals surface area contributed by atoms with Gasteiger partial charge in [-0.3, -0.25) is 0 Å². The molecule has 0 unspecified atom stereocenters. The van der Waals surface area contributed by atoms with Crippen LogP contribution in [0, 0.1) is 11.8 Å². The topological polar surface area (TPSA) is 0 Å². The highest BCUT2D eigenvalue weighted by atomic mass is 19.3. The predicted octanol–water partition coefficient (Wildman–Crippen LogP) is 3.81. The SMILES string of the molecule is CC1C(F)(F)C(F)(F)C(C)C(F)(F)C1(F)F. The van der Waals surface area contributed by atoms with E-state index < -0.39 is 35.5 Å². The van der Waals surface area contributed by atoms with Gasteiger partial charge in [-0.05, 0) is 0 Å². The molecular weight excluding hydrogens is 248 g/mol. The first-order valence-corrected chi connectivity index (χ1v) is 4.32. The quantitative estimate of drug-likeness (QED) is 0.578. The Morgan fingerprint density at radius 3 is 0.750 bits per heavy atom. The van der Waals surface area contributed by atoms with Gasteiger partial charge in [0.05, 0.1) is 11.8 Å². The van der Waals surface area contributed by atoms with Gasteiger partial charge in [0, 0.05) is 0 Å². The lowest BCUT2D eigenvalue weighted by Gasteiger charge is -2.48. The number of halogens is 8. The molecule has 1 aliphatic rings. The van der Waals surface area contributed by atoms with Crippen LogP contribution in [0.1, 0.15) is 13.8 Å². The predicted molar refractivity (Wildman–Crippen MR) is 38.1 cm³/mol. The largest absolute Gasteiger partial charge is 0.319 e. The Balaban J connectivity index is 3.39. The molecule has 0 saturated heterocycles. The maximum absolute atomic E-state index is 12.9. The molecule has 1 rings (SSSR count). The van der Waals surface area contributed by atoms with Crippen LogP contribution in [0.15, 0.2) is 0 Å². The van der Waals surface area contributed by atoms with E-state index >= 15 is 0 Å². The molecule has 0 atom stereocenters. The molecule has 1 aliphatic carbocycles. The fourth-order valence-electron chi connectivity index (χ4n) is 1.61. The zero-order chi connectivity index (χ0) is 13.2. The summed E-state index contributed by atoms with van der Waals surface area (Å²) in [6, 6.07) is 0. The third-order valence-electron chi connectivity index (χ3n) is 3.06. The van der Waals surface area contributed by atoms with Crippen LogP contribution in [0.2, 0.25) is 0 Å². The zero-order valence-electron chi connectivity index (χ0n) is 8.18. The van der Waals surface area contributed by atoms with Crippen LogP contribution in [0.4, 0.5) is 35.1 Å². The Labute approximate surface area is 85.6 Å². The Morgan fingerprint density at radius 1 is 0.500 bits per heavy atom. The highest BCUT2D eigenvalue weighted by Crippen LogP contribution is 2.62. The molecule has 0 amide bonds. The summed E-state index contributed by atoms with van der Waals surface area (Å²) in [5.41, 5.74) is 0.